The Labute approximate surface area is 94.0 Å². The lowest BCUT2D eigenvalue weighted by atomic mass is 9.91. The number of hydrogen-bond acceptors (Lipinski definition) is 2. The Balaban J connectivity index is 4.23. The molecular weight excluding hydrogens is 188 g/mol. The molecule has 0 spiro atoms. The van der Waals surface area contributed by atoms with Gasteiger partial charge in [-0.25, -0.2) is 0 Å². The zero-order valence-corrected chi connectivity index (χ0v) is 10.8. The smallest absolute Gasteiger partial charge is 0.223 e. The third kappa shape index (κ3) is 6.50. The highest BCUT2D eigenvalue weighted by molar-refractivity contribution is 5.76. The highest BCUT2D eigenvalue weighted by Crippen LogP contribution is 2.20. The van der Waals surface area contributed by atoms with Gasteiger partial charge in [0.2, 0.25) is 5.91 Å². The zero-order chi connectivity index (χ0) is 12.1. The third-order valence-electron chi connectivity index (χ3n) is 2.35. The second kappa shape index (κ2) is 6.11. The first kappa shape index (κ1) is 14.4. The van der Waals surface area contributed by atoms with Gasteiger partial charge >= 0.3 is 0 Å². The molecule has 1 unspecified atom stereocenters. The standard InChI is InChI=1S/C12H26N2O/c1-6-14(9-10(2)8-13)11(15)7-12(3,4)5/h10H,6-9,13H2,1-5H3. The van der Waals surface area contributed by atoms with Gasteiger partial charge in [0.1, 0.15) is 0 Å². The molecule has 0 saturated carbocycles. The van der Waals surface area contributed by atoms with Gasteiger partial charge in [-0.2, -0.15) is 0 Å². The number of nitrogens with zero attached hydrogens (tertiary/aromatic N) is 1. The van der Waals surface area contributed by atoms with Crippen molar-refractivity contribution in [1.82, 2.24) is 4.90 Å². The van der Waals surface area contributed by atoms with Gasteiger partial charge in [-0.05, 0) is 24.8 Å². The SMILES string of the molecule is CCN(CC(C)CN)C(=O)CC(C)(C)C. The summed E-state index contributed by atoms with van der Waals surface area (Å²) in [5, 5.41) is 0. The van der Waals surface area contributed by atoms with Crippen molar-refractivity contribution < 1.29 is 4.79 Å². The van der Waals surface area contributed by atoms with E-state index in [1.807, 2.05) is 11.8 Å². The summed E-state index contributed by atoms with van der Waals surface area (Å²) in [7, 11) is 0. The fourth-order valence-corrected chi connectivity index (χ4v) is 1.42. The van der Waals surface area contributed by atoms with Crippen molar-refractivity contribution in [3.05, 3.63) is 0 Å². The summed E-state index contributed by atoms with van der Waals surface area (Å²) < 4.78 is 0. The molecule has 0 bridgehead atoms. The van der Waals surface area contributed by atoms with Gasteiger partial charge in [-0.3, -0.25) is 4.79 Å². The summed E-state index contributed by atoms with van der Waals surface area (Å²) >= 11 is 0. The minimum absolute atomic E-state index is 0.0659. The van der Waals surface area contributed by atoms with Gasteiger partial charge in [0.15, 0.2) is 0 Å². The van der Waals surface area contributed by atoms with Crippen molar-refractivity contribution in [2.24, 2.45) is 17.1 Å². The van der Waals surface area contributed by atoms with E-state index in [1.165, 1.54) is 0 Å². The highest BCUT2D eigenvalue weighted by Gasteiger charge is 2.20. The molecule has 0 aliphatic heterocycles. The molecule has 0 fully saturated rings. The molecule has 3 nitrogen and oxygen atoms in total. The van der Waals surface area contributed by atoms with E-state index in [-0.39, 0.29) is 11.3 Å². The van der Waals surface area contributed by atoms with Gasteiger partial charge in [-0.1, -0.05) is 27.7 Å². The molecule has 3 heteroatoms. The molecule has 0 saturated heterocycles. The minimum atomic E-state index is 0.0659. The zero-order valence-electron chi connectivity index (χ0n) is 10.8. The van der Waals surface area contributed by atoms with Crippen LogP contribution in [0, 0.1) is 11.3 Å². The molecule has 15 heavy (non-hydrogen) atoms. The van der Waals surface area contributed by atoms with Crippen molar-refractivity contribution in [3.63, 3.8) is 0 Å². The van der Waals surface area contributed by atoms with Crippen LogP contribution in [-0.4, -0.2) is 30.4 Å². The van der Waals surface area contributed by atoms with Crippen LogP contribution in [0.3, 0.4) is 0 Å². The Bertz CT molecular complexity index is 196. The molecule has 0 aliphatic rings. The summed E-state index contributed by atoms with van der Waals surface area (Å²) in [6.45, 7) is 12.6. The number of rotatable bonds is 5. The number of nitrogens with two attached hydrogens (primary N) is 1. The molecule has 0 aromatic rings. The fraction of sp³-hybridized carbons (Fsp3) is 0.917. The van der Waals surface area contributed by atoms with E-state index in [9.17, 15) is 4.79 Å². The van der Waals surface area contributed by atoms with Crippen LogP contribution in [0.15, 0.2) is 0 Å². The Morgan fingerprint density at radius 2 is 1.93 bits per heavy atom. The lowest BCUT2D eigenvalue weighted by Crippen LogP contribution is -2.38. The van der Waals surface area contributed by atoms with E-state index in [0.717, 1.165) is 13.1 Å². The van der Waals surface area contributed by atoms with Gasteiger partial charge in [0.05, 0.1) is 0 Å². The van der Waals surface area contributed by atoms with Crippen LogP contribution in [0.2, 0.25) is 0 Å². The lowest BCUT2D eigenvalue weighted by molar-refractivity contribution is -0.133. The number of hydrogen-bond donors (Lipinski definition) is 1. The number of carbonyl (C=O) groups excluding carboxylic acids is 1. The Kier molecular flexibility index (Phi) is 5.88. The van der Waals surface area contributed by atoms with E-state index >= 15 is 0 Å². The van der Waals surface area contributed by atoms with Gasteiger partial charge in [-0.15, -0.1) is 0 Å². The minimum Gasteiger partial charge on any atom is -0.343 e. The summed E-state index contributed by atoms with van der Waals surface area (Å²) in [5.41, 5.74) is 5.63. The molecule has 0 heterocycles. The van der Waals surface area contributed by atoms with Crippen molar-refractivity contribution in [1.29, 1.82) is 0 Å². The molecular formula is C12H26N2O. The molecule has 0 aromatic heterocycles. The first-order chi connectivity index (χ1) is 6.80. The largest absolute Gasteiger partial charge is 0.343 e. The van der Waals surface area contributed by atoms with Crippen LogP contribution in [0.5, 0.6) is 0 Å². The Morgan fingerprint density at radius 1 is 1.40 bits per heavy atom. The van der Waals surface area contributed by atoms with Crippen LogP contribution in [0.1, 0.15) is 41.0 Å². The van der Waals surface area contributed by atoms with E-state index in [0.29, 0.717) is 18.9 Å². The van der Waals surface area contributed by atoms with Crippen LogP contribution < -0.4 is 5.73 Å². The molecule has 0 aromatic carbocycles. The topological polar surface area (TPSA) is 46.3 Å². The van der Waals surface area contributed by atoms with Crippen LogP contribution >= 0.6 is 0 Å². The van der Waals surface area contributed by atoms with Gasteiger partial charge < -0.3 is 10.6 Å². The van der Waals surface area contributed by atoms with E-state index in [1.54, 1.807) is 0 Å². The van der Waals surface area contributed by atoms with Crippen molar-refractivity contribution >= 4 is 5.91 Å². The van der Waals surface area contributed by atoms with E-state index in [4.69, 9.17) is 5.73 Å². The molecule has 1 atom stereocenters. The highest BCUT2D eigenvalue weighted by atomic mass is 16.2. The summed E-state index contributed by atoms with van der Waals surface area (Å²) in [6.07, 6.45) is 0.609. The fourth-order valence-electron chi connectivity index (χ4n) is 1.42. The maximum Gasteiger partial charge on any atom is 0.223 e. The van der Waals surface area contributed by atoms with Crippen LogP contribution in [0.25, 0.3) is 0 Å². The Morgan fingerprint density at radius 3 is 2.27 bits per heavy atom. The normalized spacial score (nSPS) is 13.7. The maximum absolute atomic E-state index is 11.9. The second-order valence-electron chi connectivity index (χ2n) is 5.51. The quantitative estimate of drug-likeness (QED) is 0.759. The van der Waals surface area contributed by atoms with Crippen LogP contribution in [0.4, 0.5) is 0 Å². The monoisotopic (exact) mass is 214 g/mol. The first-order valence-corrected chi connectivity index (χ1v) is 5.78. The van der Waals surface area contributed by atoms with Crippen molar-refractivity contribution in [3.8, 4) is 0 Å². The van der Waals surface area contributed by atoms with E-state index < -0.39 is 0 Å². The average molecular weight is 214 g/mol. The Hall–Kier alpha value is -0.570. The lowest BCUT2D eigenvalue weighted by Gasteiger charge is -2.27. The third-order valence-corrected chi connectivity index (χ3v) is 2.35. The molecule has 1 amide bonds. The van der Waals surface area contributed by atoms with Gasteiger partial charge in [0.25, 0.3) is 0 Å². The van der Waals surface area contributed by atoms with Crippen molar-refractivity contribution in [2.45, 2.75) is 41.0 Å². The summed E-state index contributed by atoms with van der Waals surface area (Å²) in [6, 6.07) is 0. The second-order valence-corrected chi connectivity index (χ2v) is 5.51. The van der Waals surface area contributed by atoms with Crippen molar-refractivity contribution in [2.75, 3.05) is 19.6 Å². The van der Waals surface area contributed by atoms with Gasteiger partial charge in [0, 0.05) is 19.5 Å². The predicted octanol–water partition coefficient (Wildman–Crippen LogP) is 1.87. The first-order valence-electron chi connectivity index (χ1n) is 5.78. The predicted molar refractivity (Wildman–Crippen MR) is 64.5 cm³/mol. The van der Waals surface area contributed by atoms with Crippen LogP contribution in [-0.2, 0) is 4.79 Å². The maximum atomic E-state index is 11.9. The number of amides is 1. The molecule has 0 rings (SSSR count). The summed E-state index contributed by atoms with van der Waals surface area (Å²) in [4.78, 5) is 13.8. The molecule has 0 radical (unpaired) electrons. The summed E-state index contributed by atoms with van der Waals surface area (Å²) in [5.74, 6) is 0.624. The molecule has 90 valence electrons. The number of carbonyl (C=O) groups is 1. The molecule has 0 aliphatic carbocycles. The average Bonchev–Trinajstić information content (AvgIpc) is 2.10. The van der Waals surface area contributed by atoms with E-state index in [2.05, 4.69) is 27.7 Å². The molecule has 2 N–H and O–H groups in total.